The van der Waals surface area contributed by atoms with E-state index in [1.807, 2.05) is 55.6 Å². The van der Waals surface area contributed by atoms with Gasteiger partial charge in [-0.3, -0.25) is 4.79 Å². The third-order valence-electron chi connectivity index (χ3n) is 3.46. The van der Waals surface area contributed by atoms with Gasteiger partial charge in [-0.1, -0.05) is 30.0 Å². The fourth-order valence-corrected chi connectivity index (χ4v) is 3.50. The lowest BCUT2D eigenvalue weighted by Gasteiger charge is -2.08. The van der Waals surface area contributed by atoms with Crippen molar-refractivity contribution in [3.8, 4) is 5.75 Å². The van der Waals surface area contributed by atoms with Gasteiger partial charge in [0.15, 0.2) is 6.61 Å². The first-order valence-electron chi connectivity index (χ1n) is 8.09. The topological polar surface area (TPSA) is 77.2 Å². The number of hydrogen-bond donors (Lipinski definition) is 1. The number of thiophene rings is 1. The van der Waals surface area contributed by atoms with E-state index in [1.54, 1.807) is 11.3 Å². The lowest BCUT2D eigenvalue weighted by Crippen LogP contribution is -2.30. The number of thioether (sulfide) groups is 1. The summed E-state index contributed by atoms with van der Waals surface area (Å²) in [5.41, 5.74) is 1.12. The molecule has 1 atom stereocenters. The minimum atomic E-state index is -0.332. The summed E-state index contributed by atoms with van der Waals surface area (Å²) in [5.74, 6) is 1.05. The number of carbonyl (C=O) groups excluding carboxylic acids is 1. The van der Waals surface area contributed by atoms with Crippen molar-refractivity contribution in [2.75, 3.05) is 0 Å². The maximum absolute atomic E-state index is 12.2. The monoisotopic (exact) mass is 389 g/mol. The summed E-state index contributed by atoms with van der Waals surface area (Å²) in [4.78, 5) is 13.3. The van der Waals surface area contributed by atoms with Gasteiger partial charge in [0.1, 0.15) is 5.75 Å². The van der Waals surface area contributed by atoms with Crippen molar-refractivity contribution in [1.29, 1.82) is 0 Å². The maximum atomic E-state index is 12.2. The van der Waals surface area contributed by atoms with E-state index in [-0.39, 0.29) is 17.8 Å². The van der Waals surface area contributed by atoms with Crippen molar-refractivity contribution in [3.63, 3.8) is 0 Å². The third kappa shape index (κ3) is 5.34. The zero-order valence-corrected chi connectivity index (χ0v) is 16.1. The first kappa shape index (κ1) is 18.5. The van der Waals surface area contributed by atoms with Crippen LogP contribution in [0.3, 0.4) is 0 Å². The summed E-state index contributed by atoms with van der Waals surface area (Å²) in [5, 5.41) is 12.8. The first-order chi connectivity index (χ1) is 12.6. The molecule has 1 amide bonds. The molecule has 2 heterocycles. The normalized spacial score (nSPS) is 11.9. The van der Waals surface area contributed by atoms with E-state index in [1.165, 1.54) is 11.8 Å². The van der Waals surface area contributed by atoms with Crippen molar-refractivity contribution < 1.29 is 13.9 Å². The largest absolute Gasteiger partial charge is 0.484 e. The maximum Gasteiger partial charge on any atom is 0.277 e. The zero-order chi connectivity index (χ0) is 18.4. The summed E-state index contributed by atoms with van der Waals surface area (Å²) in [6, 6.07) is 11.7. The number of amides is 1. The molecular weight excluding hydrogens is 370 g/mol. The number of aryl methyl sites for hydroxylation is 1. The summed E-state index contributed by atoms with van der Waals surface area (Å²) < 4.78 is 11.2. The minimum absolute atomic E-state index is 0.0702. The second-order valence-corrected chi connectivity index (χ2v) is 7.95. The number of aromatic nitrogens is 2. The Hall–Kier alpha value is -2.32. The van der Waals surface area contributed by atoms with Gasteiger partial charge in [-0.25, -0.2) is 0 Å². The molecule has 3 rings (SSSR count). The van der Waals surface area contributed by atoms with Crippen LogP contribution in [-0.4, -0.2) is 21.4 Å². The predicted molar refractivity (Wildman–Crippen MR) is 101 cm³/mol. The third-order valence-corrected chi connectivity index (χ3v) is 5.27. The molecule has 6 nitrogen and oxygen atoms in total. The highest BCUT2D eigenvalue weighted by molar-refractivity contribution is 8.00. The molecule has 0 bridgehead atoms. The van der Waals surface area contributed by atoms with Gasteiger partial charge < -0.3 is 14.5 Å². The molecule has 0 fully saturated rings. The van der Waals surface area contributed by atoms with Crippen LogP contribution < -0.4 is 10.1 Å². The fraction of sp³-hybridized carbons (Fsp3) is 0.278. The number of nitrogens with one attached hydrogen (secondary N) is 1. The van der Waals surface area contributed by atoms with Gasteiger partial charge >= 0.3 is 0 Å². The van der Waals surface area contributed by atoms with Gasteiger partial charge in [0.25, 0.3) is 11.1 Å². The van der Waals surface area contributed by atoms with Gasteiger partial charge in [-0.05, 0) is 43.0 Å². The number of carbonyl (C=O) groups is 1. The Morgan fingerprint density at radius 1 is 1.35 bits per heavy atom. The molecule has 0 saturated carbocycles. The van der Waals surface area contributed by atoms with Crippen LogP contribution in [0.25, 0.3) is 0 Å². The second-order valence-electron chi connectivity index (χ2n) is 5.62. The van der Waals surface area contributed by atoms with Crippen LogP contribution in [-0.2, 0) is 17.9 Å². The summed E-state index contributed by atoms with van der Waals surface area (Å²) in [7, 11) is 0. The number of benzene rings is 1. The molecule has 26 heavy (non-hydrogen) atoms. The van der Waals surface area contributed by atoms with E-state index in [2.05, 4.69) is 15.5 Å². The fourth-order valence-electron chi connectivity index (χ4n) is 2.13. The molecule has 1 aromatic carbocycles. The van der Waals surface area contributed by atoms with Crippen LogP contribution in [0.4, 0.5) is 0 Å². The molecule has 0 radical (unpaired) electrons. The van der Waals surface area contributed by atoms with Crippen LogP contribution in [0.15, 0.2) is 51.4 Å². The molecule has 0 aliphatic carbocycles. The number of nitrogens with zero attached hydrogens (tertiary/aromatic N) is 2. The average molecular weight is 390 g/mol. The van der Waals surface area contributed by atoms with Crippen molar-refractivity contribution in [2.45, 2.75) is 37.5 Å². The molecular formula is C18H19N3O3S2. The van der Waals surface area contributed by atoms with Crippen LogP contribution in [0.1, 0.15) is 23.3 Å². The van der Waals surface area contributed by atoms with Gasteiger partial charge in [0.2, 0.25) is 5.91 Å². The van der Waals surface area contributed by atoms with Crippen molar-refractivity contribution in [1.82, 2.24) is 15.5 Å². The Kier molecular flexibility index (Phi) is 6.30. The molecule has 2 aromatic heterocycles. The van der Waals surface area contributed by atoms with E-state index >= 15 is 0 Å². The highest BCUT2D eigenvalue weighted by atomic mass is 32.2. The van der Waals surface area contributed by atoms with E-state index < -0.39 is 0 Å². The lowest BCUT2D eigenvalue weighted by molar-refractivity contribution is -0.120. The number of hydrogen-bond acceptors (Lipinski definition) is 7. The Morgan fingerprint density at radius 2 is 2.23 bits per heavy atom. The molecule has 136 valence electrons. The molecule has 0 spiro atoms. The number of rotatable bonds is 8. The highest BCUT2D eigenvalue weighted by Gasteiger charge is 2.18. The highest BCUT2D eigenvalue weighted by Crippen LogP contribution is 2.23. The molecule has 1 unspecified atom stereocenters. The summed E-state index contributed by atoms with van der Waals surface area (Å²) in [6.07, 6.45) is 0. The van der Waals surface area contributed by atoms with Gasteiger partial charge in [0, 0.05) is 4.88 Å². The van der Waals surface area contributed by atoms with Crippen LogP contribution in [0.2, 0.25) is 0 Å². The van der Waals surface area contributed by atoms with Gasteiger partial charge in [0.05, 0.1) is 11.8 Å². The van der Waals surface area contributed by atoms with E-state index in [0.717, 1.165) is 16.2 Å². The molecule has 0 aliphatic rings. The van der Waals surface area contributed by atoms with Crippen LogP contribution >= 0.6 is 23.1 Å². The van der Waals surface area contributed by atoms with Crippen molar-refractivity contribution in [2.24, 2.45) is 0 Å². The molecule has 1 N–H and O–H groups in total. The molecule has 8 heteroatoms. The van der Waals surface area contributed by atoms with Crippen molar-refractivity contribution in [3.05, 3.63) is 58.1 Å². The van der Waals surface area contributed by atoms with E-state index in [9.17, 15) is 4.79 Å². The Bertz CT molecular complexity index is 849. The SMILES string of the molecule is Cc1cccc(OCc2nnc(SC(C)C(=O)NCc3cccs3)o2)c1. The van der Waals surface area contributed by atoms with E-state index in [4.69, 9.17) is 9.15 Å². The van der Waals surface area contributed by atoms with E-state index in [0.29, 0.717) is 17.7 Å². The Morgan fingerprint density at radius 3 is 3.00 bits per heavy atom. The van der Waals surface area contributed by atoms with Crippen molar-refractivity contribution >= 4 is 29.0 Å². The molecule has 0 aliphatic heterocycles. The smallest absolute Gasteiger partial charge is 0.277 e. The summed E-state index contributed by atoms with van der Waals surface area (Å²) in [6.45, 7) is 4.53. The molecule has 0 saturated heterocycles. The van der Waals surface area contributed by atoms with Crippen LogP contribution in [0, 0.1) is 6.92 Å². The standard InChI is InChI=1S/C18H19N3O3S2/c1-12-5-3-6-14(9-12)23-11-16-20-21-18(24-16)26-13(2)17(22)19-10-15-7-4-8-25-15/h3-9,13H,10-11H2,1-2H3,(H,19,22). The van der Waals surface area contributed by atoms with Crippen LogP contribution in [0.5, 0.6) is 5.75 Å². The predicted octanol–water partition coefficient (Wildman–Crippen LogP) is 3.82. The second kappa shape index (κ2) is 8.86. The average Bonchev–Trinajstić information content (AvgIpc) is 3.30. The minimum Gasteiger partial charge on any atom is -0.484 e. The zero-order valence-electron chi connectivity index (χ0n) is 14.5. The molecule has 3 aromatic rings. The summed E-state index contributed by atoms with van der Waals surface area (Å²) >= 11 is 2.84. The first-order valence-corrected chi connectivity index (χ1v) is 9.84. The quantitative estimate of drug-likeness (QED) is 0.590. The van der Waals surface area contributed by atoms with Gasteiger partial charge in [-0.15, -0.1) is 21.5 Å². The number of ether oxygens (including phenoxy) is 1. The Balaban J connectivity index is 1.47. The van der Waals surface area contributed by atoms with Gasteiger partial charge in [-0.2, -0.15) is 0 Å². The lowest BCUT2D eigenvalue weighted by atomic mass is 10.2. The Labute approximate surface area is 160 Å².